The molecule has 0 aliphatic carbocycles. The van der Waals surface area contributed by atoms with E-state index in [4.69, 9.17) is 11.6 Å². The SMILES string of the molecule is O=c1c2nnn(-c3cccc(Cl)c3)c2ncn1Cc1cccc([N+](=O)[O-])c1. The first-order valence-electron chi connectivity index (χ1n) is 7.83. The molecule has 0 N–H and O–H groups in total. The molecule has 0 amide bonds. The minimum atomic E-state index is -0.482. The first-order valence-corrected chi connectivity index (χ1v) is 8.21. The summed E-state index contributed by atoms with van der Waals surface area (Å²) in [6, 6.07) is 13.0. The molecule has 10 heteroatoms. The van der Waals surface area contributed by atoms with Gasteiger partial charge in [-0.2, -0.15) is 4.68 Å². The highest BCUT2D eigenvalue weighted by Gasteiger charge is 2.14. The van der Waals surface area contributed by atoms with Gasteiger partial charge in [0.25, 0.3) is 11.2 Å². The van der Waals surface area contributed by atoms with Crippen LogP contribution >= 0.6 is 11.6 Å². The number of hydrogen-bond donors (Lipinski definition) is 0. The Balaban J connectivity index is 1.75. The molecule has 0 aliphatic rings. The molecule has 0 bridgehead atoms. The van der Waals surface area contributed by atoms with Gasteiger partial charge < -0.3 is 0 Å². The second-order valence-electron chi connectivity index (χ2n) is 5.76. The van der Waals surface area contributed by atoms with Gasteiger partial charge in [0.15, 0.2) is 11.2 Å². The first kappa shape index (κ1) is 16.9. The molecule has 27 heavy (non-hydrogen) atoms. The monoisotopic (exact) mass is 382 g/mol. The van der Waals surface area contributed by atoms with Gasteiger partial charge in [0.1, 0.15) is 6.33 Å². The number of nitro groups is 1. The van der Waals surface area contributed by atoms with Crippen LogP contribution in [0.1, 0.15) is 5.56 Å². The Kier molecular flexibility index (Phi) is 4.13. The third kappa shape index (κ3) is 3.15. The lowest BCUT2D eigenvalue weighted by Crippen LogP contribution is -2.21. The van der Waals surface area contributed by atoms with Gasteiger partial charge in [-0.1, -0.05) is 35.0 Å². The summed E-state index contributed by atoms with van der Waals surface area (Å²) in [7, 11) is 0. The Bertz CT molecular complexity index is 1230. The summed E-state index contributed by atoms with van der Waals surface area (Å²) >= 11 is 6.00. The molecule has 0 radical (unpaired) electrons. The highest BCUT2D eigenvalue weighted by atomic mass is 35.5. The number of non-ortho nitro benzene ring substituents is 1. The van der Waals surface area contributed by atoms with Gasteiger partial charge in [0.05, 0.1) is 17.2 Å². The number of nitro benzene ring substituents is 1. The van der Waals surface area contributed by atoms with Gasteiger partial charge in [-0.25, -0.2) is 4.98 Å². The van der Waals surface area contributed by atoms with Crippen molar-refractivity contribution in [1.29, 1.82) is 0 Å². The maximum Gasteiger partial charge on any atom is 0.283 e. The third-order valence-corrected chi connectivity index (χ3v) is 4.19. The molecule has 0 atom stereocenters. The molecule has 134 valence electrons. The molecule has 0 spiro atoms. The van der Waals surface area contributed by atoms with Crippen molar-refractivity contribution < 1.29 is 4.92 Å². The smallest absolute Gasteiger partial charge is 0.283 e. The number of fused-ring (bicyclic) bond motifs is 1. The second-order valence-corrected chi connectivity index (χ2v) is 6.19. The van der Waals surface area contributed by atoms with Crippen LogP contribution in [0.2, 0.25) is 5.02 Å². The molecule has 0 saturated carbocycles. The van der Waals surface area contributed by atoms with Crippen LogP contribution in [0.5, 0.6) is 0 Å². The van der Waals surface area contributed by atoms with Crippen molar-refractivity contribution in [1.82, 2.24) is 24.5 Å². The van der Waals surface area contributed by atoms with Crippen LogP contribution in [-0.2, 0) is 6.54 Å². The van der Waals surface area contributed by atoms with Crippen molar-refractivity contribution in [3.63, 3.8) is 0 Å². The average Bonchev–Trinajstić information content (AvgIpc) is 3.09. The van der Waals surface area contributed by atoms with E-state index >= 15 is 0 Å². The number of benzene rings is 2. The number of nitrogens with zero attached hydrogens (tertiary/aromatic N) is 6. The van der Waals surface area contributed by atoms with Crippen LogP contribution in [0, 0.1) is 10.1 Å². The fraction of sp³-hybridized carbons (Fsp3) is 0.0588. The largest absolute Gasteiger partial charge is 0.293 e. The standard InChI is InChI=1S/C17H11ClN6O3/c18-12-4-2-5-13(8-12)23-16-15(20-21-23)17(25)22(10-19-16)9-11-3-1-6-14(7-11)24(26)27/h1-8,10H,9H2. The van der Waals surface area contributed by atoms with Gasteiger partial charge in [0, 0.05) is 17.2 Å². The van der Waals surface area contributed by atoms with Crippen molar-refractivity contribution >= 4 is 28.5 Å². The molecule has 2 heterocycles. The third-order valence-electron chi connectivity index (χ3n) is 3.96. The van der Waals surface area contributed by atoms with Crippen molar-refractivity contribution in [3.05, 3.63) is 85.9 Å². The summed E-state index contributed by atoms with van der Waals surface area (Å²) in [4.78, 5) is 27.4. The van der Waals surface area contributed by atoms with E-state index < -0.39 is 4.92 Å². The van der Waals surface area contributed by atoms with Crippen LogP contribution < -0.4 is 5.56 Å². The highest BCUT2D eigenvalue weighted by Crippen LogP contribution is 2.17. The van der Waals surface area contributed by atoms with Gasteiger partial charge in [-0.15, -0.1) is 5.10 Å². The molecular formula is C17H11ClN6O3. The zero-order valence-corrected chi connectivity index (χ0v) is 14.4. The number of halogens is 1. The van der Waals surface area contributed by atoms with Crippen LogP contribution in [0.4, 0.5) is 5.69 Å². The predicted molar refractivity (Wildman–Crippen MR) is 98.1 cm³/mol. The van der Waals surface area contributed by atoms with E-state index in [9.17, 15) is 14.9 Å². The quantitative estimate of drug-likeness (QED) is 0.396. The topological polar surface area (TPSA) is 109 Å². The molecule has 0 saturated heterocycles. The Morgan fingerprint density at radius 1 is 1.15 bits per heavy atom. The van der Waals surface area contributed by atoms with Gasteiger partial charge >= 0.3 is 0 Å². The van der Waals surface area contributed by atoms with E-state index in [2.05, 4.69) is 15.3 Å². The van der Waals surface area contributed by atoms with Gasteiger partial charge in [-0.05, 0) is 23.8 Å². The van der Waals surface area contributed by atoms with E-state index in [-0.39, 0.29) is 23.3 Å². The number of aromatic nitrogens is 5. The van der Waals surface area contributed by atoms with E-state index in [1.54, 1.807) is 36.4 Å². The minimum Gasteiger partial charge on any atom is -0.293 e. The van der Waals surface area contributed by atoms with E-state index in [0.717, 1.165) is 0 Å². The van der Waals surface area contributed by atoms with Crippen molar-refractivity contribution in [2.24, 2.45) is 0 Å². The summed E-state index contributed by atoms with van der Waals surface area (Å²) in [5.74, 6) is 0. The predicted octanol–water partition coefficient (Wildman–Crippen LogP) is 2.59. The minimum absolute atomic E-state index is 0.0403. The lowest BCUT2D eigenvalue weighted by atomic mass is 10.2. The Morgan fingerprint density at radius 2 is 1.96 bits per heavy atom. The molecule has 2 aromatic carbocycles. The Hall–Kier alpha value is -3.59. The molecular weight excluding hydrogens is 372 g/mol. The van der Waals surface area contributed by atoms with Crippen LogP contribution in [0.3, 0.4) is 0 Å². The van der Waals surface area contributed by atoms with E-state index in [0.29, 0.717) is 21.9 Å². The molecule has 4 rings (SSSR count). The first-order chi connectivity index (χ1) is 13.0. The second kappa shape index (κ2) is 6.61. The van der Waals surface area contributed by atoms with E-state index in [1.807, 2.05) is 0 Å². The maximum absolute atomic E-state index is 12.7. The maximum atomic E-state index is 12.7. The summed E-state index contributed by atoms with van der Waals surface area (Å²) in [5.41, 5.74) is 1.21. The van der Waals surface area contributed by atoms with Crippen molar-refractivity contribution in [3.8, 4) is 5.69 Å². The molecule has 2 aromatic heterocycles. The van der Waals surface area contributed by atoms with Crippen LogP contribution in [0.25, 0.3) is 16.9 Å². The fourth-order valence-electron chi connectivity index (χ4n) is 2.70. The Labute approximate surface area is 156 Å². The van der Waals surface area contributed by atoms with Gasteiger partial charge in [-0.3, -0.25) is 19.5 Å². The number of rotatable bonds is 4. The summed E-state index contributed by atoms with van der Waals surface area (Å²) in [5, 5.41) is 19.4. The van der Waals surface area contributed by atoms with Crippen LogP contribution in [0.15, 0.2) is 59.7 Å². The van der Waals surface area contributed by atoms with E-state index in [1.165, 1.54) is 27.7 Å². The summed E-state index contributed by atoms with van der Waals surface area (Å²) in [6.45, 7) is 0.132. The molecule has 0 unspecified atom stereocenters. The average molecular weight is 383 g/mol. The zero-order valence-electron chi connectivity index (χ0n) is 13.7. The highest BCUT2D eigenvalue weighted by molar-refractivity contribution is 6.30. The number of hydrogen-bond acceptors (Lipinski definition) is 6. The lowest BCUT2D eigenvalue weighted by molar-refractivity contribution is -0.384. The summed E-state index contributed by atoms with van der Waals surface area (Å²) < 4.78 is 2.76. The zero-order chi connectivity index (χ0) is 19.0. The molecule has 9 nitrogen and oxygen atoms in total. The molecule has 0 aliphatic heterocycles. The van der Waals surface area contributed by atoms with Gasteiger partial charge in [0.2, 0.25) is 0 Å². The molecule has 4 aromatic rings. The fourth-order valence-corrected chi connectivity index (χ4v) is 2.89. The lowest BCUT2D eigenvalue weighted by Gasteiger charge is -2.06. The Morgan fingerprint density at radius 3 is 2.74 bits per heavy atom. The van der Waals surface area contributed by atoms with Crippen molar-refractivity contribution in [2.45, 2.75) is 6.54 Å². The van der Waals surface area contributed by atoms with Crippen LogP contribution in [-0.4, -0.2) is 29.5 Å². The normalized spacial score (nSPS) is 11.0. The van der Waals surface area contributed by atoms with Crippen molar-refractivity contribution in [2.75, 3.05) is 0 Å². The summed E-state index contributed by atoms with van der Waals surface area (Å²) in [6.07, 6.45) is 1.37. The molecule has 0 fully saturated rings.